The third-order valence-electron chi connectivity index (χ3n) is 3.48. The molecule has 0 bridgehead atoms. The Bertz CT molecular complexity index is 845. The summed E-state index contributed by atoms with van der Waals surface area (Å²) >= 11 is 5.87. The number of carbonyl (C=O) groups is 1. The minimum atomic E-state index is -0.141. The number of ether oxygens (including phenoxy) is 1. The molecule has 0 unspecified atom stereocenters. The van der Waals surface area contributed by atoms with E-state index < -0.39 is 0 Å². The standard InChI is InChI=1S/C18H16ClN3O3/c1-24-17-8-6-14(10-20-17)22-16(23)7-9-18-21-11-15(25-18)12-2-4-13(19)5-3-12/h2-6,8,10-11H,7,9H2,1H3,(H,22,23). The maximum atomic E-state index is 12.0. The van der Waals surface area contributed by atoms with Crippen LogP contribution >= 0.6 is 11.6 Å². The van der Waals surface area contributed by atoms with Gasteiger partial charge in [0.1, 0.15) is 0 Å². The fourth-order valence-corrected chi connectivity index (χ4v) is 2.32. The van der Waals surface area contributed by atoms with Crippen molar-refractivity contribution in [1.82, 2.24) is 9.97 Å². The molecular weight excluding hydrogens is 342 g/mol. The molecule has 0 aliphatic carbocycles. The number of anilines is 1. The van der Waals surface area contributed by atoms with Crippen LogP contribution in [0.15, 0.2) is 53.2 Å². The lowest BCUT2D eigenvalue weighted by atomic mass is 10.2. The molecule has 3 rings (SSSR count). The van der Waals surface area contributed by atoms with Gasteiger partial charge in [-0.3, -0.25) is 4.79 Å². The third kappa shape index (κ3) is 4.58. The summed E-state index contributed by atoms with van der Waals surface area (Å²) in [6.45, 7) is 0. The number of amides is 1. The Hall–Kier alpha value is -2.86. The Balaban J connectivity index is 1.54. The molecule has 0 aliphatic rings. The fraction of sp³-hybridized carbons (Fsp3) is 0.167. The highest BCUT2D eigenvalue weighted by Gasteiger charge is 2.09. The number of nitrogens with one attached hydrogen (secondary N) is 1. The van der Waals surface area contributed by atoms with Crippen LogP contribution in [0.2, 0.25) is 5.02 Å². The van der Waals surface area contributed by atoms with Gasteiger partial charge in [-0.05, 0) is 30.3 Å². The number of oxazole rings is 1. The minimum Gasteiger partial charge on any atom is -0.481 e. The number of aromatic nitrogens is 2. The van der Waals surface area contributed by atoms with Crippen molar-refractivity contribution in [3.8, 4) is 17.2 Å². The van der Waals surface area contributed by atoms with Crippen molar-refractivity contribution in [3.05, 3.63) is 59.7 Å². The molecule has 7 heteroatoms. The molecule has 0 saturated carbocycles. The summed E-state index contributed by atoms with van der Waals surface area (Å²) in [5.41, 5.74) is 1.50. The lowest BCUT2D eigenvalue weighted by molar-refractivity contribution is -0.116. The molecular formula is C18H16ClN3O3. The summed E-state index contributed by atoms with van der Waals surface area (Å²) < 4.78 is 10.7. The molecule has 2 aromatic heterocycles. The van der Waals surface area contributed by atoms with Crippen molar-refractivity contribution in [2.45, 2.75) is 12.8 Å². The number of rotatable bonds is 6. The van der Waals surface area contributed by atoms with Gasteiger partial charge in [0.2, 0.25) is 11.8 Å². The highest BCUT2D eigenvalue weighted by Crippen LogP contribution is 2.22. The van der Waals surface area contributed by atoms with E-state index in [0.717, 1.165) is 5.56 Å². The van der Waals surface area contributed by atoms with E-state index in [1.165, 1.54) is 7.11 Å². The zero-order chi connectivity index (χ0) is 17.6. The van der Waals surface area contributed by atoms with Crippen LogP contribution in [0.4, 0.5) is 5.69 Å². The van der Waals surface area contributed by atoms with Crippen LogP contribution < -0.4 is 10.1 Å². The fourth-order valence-electron chi connectivity index (χ4n) is 2.19. The predicted octanol–water partition coefficient (Wildman–Crippen LogP) is 3.97. The van der Waals surface area contributed by atoms with Gasteiger partial charge in [-0.25, -0.2) is 9.97 Å². The molecule has 0 radical (unpaired) electrons. The lowest BCUT2D eigenvalue weighted by Crippen LogP contribution is -2.12. The van der Waals surface area contributed by atoms with E-state index >= 15 is 0 Å². The van der Waals surface area contributed by atoms with E-state index in [-0.39, 0.29) is 12.3 Å². The molecule has 1 aromatic carbocycles. The van der Waals surface area contributed by atoms with E-state index in [9.17, 15) is 4.79 Å². The van der Waals surface area contributed by atoms with Gasteiger partial charge in [0.25, 0.3) is 0 Å². The monoisotopic (exact) mass is 357 g/mol. The van der Waals surface area contributed by atoms with Crippen LogP contribution in [0.5, 0.6) is 5.88 Å². The number of hydrogen-bond acceptors (Lipinski definition) is 5. The number of methoxy groups -OCH3 is 1. The van der Waals surface area contributed by atoms with Gasteiger partial charge in [-0.1, -0.05) is 11.6 Å². The molecule has 6 nitrogen and oxygen atoms in total. The SMILES string of the molecule is COc1ccc(NC(=O)CCc2ncc(-c3ccc(Cl)cc3)o2)cn1. The van der Waals surface area contributed by atoms with Crippen molar-refractivity contribution < 1.29 is 13.9 Å². The zero-order valence-electron chi connectivity index (χ0n) is 13.5. The smallest absolute Gasteiger partial charge is 0.224 e. The van der Waals surface area contributed by atoms with E-state index in [0.29, 0.717) is 34.7 Å². The average Bonchev–Trinajstić information content (AvgIpc) is 3.10. The van der Waals surface area contributed by atoms with Crippen molar-refractivity contribution in [2.75, 3.05) is 12.4 Å². The summed E-state index contributed by atoms with van der Waals surface area (Å²) in [5, 5.41) is 3.43. The maximum absolute atomic E-state index is 12.0. The molecule has 0 spiro atoms. The number of halogens is 1. The van der Waals surface area contributed by atoms with Gasteiger partial charge in [-0.2, -0.15) is 0 Å². The van der Waals surface area contributed by atoms with Crippen LogP contribution in [0.1, 0.15) is 12.3 Å². The molecule has 128 valence electrons. The van der Waals surface area contributed by atoms with Crippen LogP contribution in [0.3, 0.4) is 0 Å². The Morgan fingerprint density at radius 2 is 1.96 bits per heavy atom. The quantitative estimate of drug-likeness (QED) is 0.722. The van der Waals surface area contributed by atoms with Crippen LogP contribution in [-0.4, -0.2) is 23.0 Å². The van der Waals surface area contributed by atoms with Gasteiger partial charge in [0.15, 0.2) is 11.7 Å². The van der Waals surface area contributed by atoms with Gasteiger partial charge < -0.3 is 14.5 Å². The first-order valence-corrected chi connectivity index (χ1v) is 8.02. The van der Waals surface area contributed by atoms with Gasteiger partial charge in [0.05, 0.1) is 25.2 Å². The van der Waals surface area contributed by atoms with E-state index in [1.807, 2.05) is 12.1 Å². The number of carbonyl (C=O) groups excluding carboxylic acids is 1. The van der Waals surface area contributed by atoms with Gasteiger partial charge in [-0.15, -0.1) is 0 Å². The second-order valence-electron chi connectivity index (χ2n) is 5.26. The van der Waals surface area contributed by atoms with Crippen molar-refractivity contribution in [3.63, 3.8) is 0 Å². The first kappa shape index (κ1) is 17.0. The molecule has 25 heavy (non-hydrogen) atoms. The van der Waals surface area contributed by atoms with Gasteiger partial charge in [0, 0.05) is 29.5 Å². The maximum Gasteiger partial charge on any atom is 0.224 e. The number of pyridine rings is 1. The Kier molecular flexibility index (Phi) is 5.30. The number of nitrogens with zero attached hydrogens (tertiary/aromatic N) is 2. The summed E-state index contributed by atoms with van der Waals surface area (Å²) in [6, 6.07) is 10.7. The average molecular weight is 358 g/mol. The number of hydrogen-bond donors (Lipinski definition) is 1. The minimum absolute atomic E-state index is 0.141. The molecule has 2 heterocycles. The van der Waals surface area contributed by atoms with Crippen molar-refractivity contribution in [1.29, 1.82) is 0 Å². The third-order valence-corrected chi connectivity index (χ3v) is 3.73. The molecule has 3 aromatic rings. The topological polar surface area (TPSA) is 77.2 Å². The predicted molar refractivity (Wildman–Crippen MR) is 94.7 cm³/mol. The van der Waals surface area contributed by atoms with Crippen LogP contribution in [-0.2, 0) is 11.2 Å². The van der Waals surface area contributed by atoms with Crippen molar-refractivity contribution >= 4 is 23.2 Å². The van der Waals surface area contributed by atoms with Crippen molar-refractivity contribution in [2.24, 2.45) is 0 Å². The van der Waals surface area contributed by atoms with E-state index in [4.69, 9.17) is 20.8 Å². The van der Waals surface area contributed by atoms with Crippen LogP contribution in [0.25, 0.3) is 11.3 Å². The van der Waals surface area contributed by atoms with E-state index in [2.05, 4.69) is 15.3 Å². The number of benzene rings is 1. The highest BCUT2D eigenvalue weighted by atomic mass is 35.5. The molecule has 0 saturated heterocycles. The summed E-state index contributed by atoms with van der Waals surface area (Å²) in [7, 11) is 1.54. The Morgan fingerprint density at radius 3 is 2.64 bits per heavy atom. The zero-order valence-corrected chi connectivity index (χ0v) is 14.3. The normalized spacial score (nSPS) is 10.5. The second kappa shape index (κ2) is 7.81. The first-order valence-electron chi connectivity index (χ1n) is 7.64. The molecule has 0 atom stereocenters. The summed E-state index contributed by atoms with van der Waals surface area (Å²) in [6.07, 6.45) is 3.85. The lowest BCUT2D eigenvalue weighted by Gasteiger charge is -2.04. The summed E-state index contributed by atoms with van der Waals surface area (Å²) in [5.74, 6) is 1.50. The Morgan fingerprint density at radius 1 is 1.16 bits per heavy atom. The molecule has 1 amide bonds. The molecule has 0 fully saturated rings. The number of aryl methyl sites for hydroxylation is 1. The highest BCUT2D eigenvalue weighted by molar-refractivity contribution is 6.30. The Labute approximate surface area is 149 Å². The second-order valence-corrected chi connectivity index (χ2v) is 5.70. The van der Waals surface area contributed by atoms with Crippen LogP contribution in [0, 0.1) is 0 Å². The van der Waals surface area contributed by atoms with Gasteiger partial charge >= 0.3 is 0 Å². The van der Waals surface area contributed by atoms with E-state index in [1.54, 1.807) is 36.7 Å². The molecule has 0 aliphatic heterocycles. The molecule has 1 N–H and O–H groups in total. The summed E-state index contributed by atoms with van der Waals surface area (Å²) in [4.78, 5) is 20.2. The largest absolute Gasteiger partial charge is 0.481 e. The first-order chi connectivity index (χ1) is 12.1.